The van der Waals surface area contributed by atoms with Gasteiger partial charge >= 0.3 is 0 Å². The minimum Gasteiger partial charge on any atom is -0.456 e. The first kappa shape index (κ1) is 11.0. The summed E-state index contributed by atoms with van der Waals surface area (Å²) in [5, 5.41) is -0.215. The number of hydrogen-bond acceptors (Lipinski definition) is 1. The zero-order chi connectivity index (χ0) is 41.0. The molecule has 0 bridgehead atoms. The first-order valence-corrected chi connectivity index (χ1v) is 12.3. The number of benzene rings is 7. The van der Waals surface area contributed by atoms with Crippen molar-refractivity contribution in [3.8, 4) is 39.4 Å². The number of ether oxygens (including phenoxy) is 1. The third-order valence-corrected chi connectivity index (χ3v) is 7.05. The number of nitrogens with zero attached hydrogens (tertiary/aromatic N) is 1. The van der Waals surface area contributed by atoms with Gasteiger partial charge in [-0.1, -0.05) is 96.8 Å². The first-order valence-electron chi connectivity index (χ1n) is 20.8. The third kappa shape index (κ3) is 2.99. The Morgan fingerprint density at radius 1 is 0.550 bits per heavy atom. The third-order valence-electron chi connectivity index (χ3n) is 7.05. The van der Waals surface area contributed by atoms with Gasteiger partial charge in [0.15, 0.2) is 0 Å². The van der Waals surface area contributed by atoms with E-state index in [1.165, 1.54) is 0 Å². The average molecular weight is 527 g/mol. The highest BCUT2D eigenvalue weighted by atomic mass is 16.5. The lowest BCUT2D eigenvalue weighted by Crippen LogP contribution is -1.97. The van der Waals surface area contributed by atoms with Crippen LogP contribution in [0.25, 0.3) is 71.3 Å². The van der Waals surface area contributed by atoms with Crippen molar-refractivity contribution >= 4 is 43.4 Å². The van der Waals surface area contributed by atoms with Crippen LogP contribution in [0.5, 0.6) is 11.5 Å². The van der Waals surface area contributed by atoms with Gasteiger partial charge in [0.2, 0.25) is 0 Å². The average Bonchev–Trinajstić information content (AvgIpc) is 3.54. The van der Waals surface area contributed by atoms with Crippen LogP contribution in [0.15, 0.2) is 139 Å². The van der Waals surface area contributed by atoms with Crippen molar-refractivity contribution < 1.29 is 28.0 Å². The second-order valence-electron chi connectivity index (χ2n) is 9.22. The fraction of sp³-hybridized carbons (Fsp3) is 0. The monoisotopic (exact) mass is 526 g/mol. The quantitative estimate of drug-likeness (QED) is 0.218. The highest BCUT2D eigenvalue weighted by molar-refractivity contribution is 6.19. The van der Waals surface area contributed by atoms with E-state index >= 15 is 0 Å². The fourth-order valence-corrected chi connectivity index (χ4v) is 5.36. The number of rotatable bonds is 2. The van der Waals surface area contributed by atoms with E-state index in [0.29, 0.717) is 16.7 Å². The maximum atomic E-state index is 9.71. The molecule has 1 aliphatic heterocycles. The molecule has 2 heteroatoms. The number of aromatic nitrogens is 1. The van der Waals surface area contributed by atoms with Crippen molar-refractivity contribution in [2.45, 2.75) is 0 Å². The summed E-state index contributed by atoms with van der Waals surface area (Å²) in [6, 6.07) is -1.39. The van der Waals surface area contributed by atoms with E-state index < -0.39 is 136 Å². The number of para-hydroxylation sites is 1. The molecule has 186 valence electrons. The van der Waals surface area contributed by atoms with Crippen LogP contribution in [0.1, 0.15) is 23.3 Å². The molecule has 0 saturated heterocycles. The van der Waals surface area contributed by atoms with E-state index in [1.807, 2.05) is 12.1 Å². The van der Waals surface area contributed by atoms with Gasteiger partial charge in [0, 0.05) is 32.8 Å². The Morgan fingerprint density at radius 2 is 1.35 bits per heavy atom. The molecule has 2 heterocycles. The highest BCUT2D eigenvalue weighted by Gasteiger charge is 2.21. The van der Waals surface area contributed by atoms with Gasteiger partial charge in [0.25, 0.3) is 0 Å². The van der Waals surface area contributed by atoms with Gasteiger partial charge in [0.1, 0.15) is 11.5 Å². The molecule has 1 aromatic heterocycles. The normalized spacial score (nSPS) is 18.1. The molecule has 0 N–H and O–H groups in total. The van der Waals surface area contributed by atoms with Crippen LogP contribution >= 0.6 is 0 Å². The Bertz CT molecular complexity index is 3210. The van der Waals surface area contributed by atoms with Crippen molar-refractivity contribution in [1.29, 1.82) is 0 Å². The summed E-state index contributed by atoms with van der Waals surface area (Å²) in [5.41, 5.74) is -1.75. The Balaban J connectivity index is 1.54. The molecule has 1 aliphatic rings. The lowest BCUT2D eigenvalue weighted by molar-refractivity contribution is 0.487. The Hall–Kier alpha value is -5.34. The topological polar surface area (TPSA) is 14.2 Å². The standard InChI is InChI=1S/C38H23NO/c1-2-11-28(12-3-1)39-34-20-17-26(22-32(34)31-19-16-24-8-4-5-13-29(24)38(31)39)27-18-21-35-33(23-27)30-14-6-9-25-10-7-15-36(40-35)37(25)30/h1-23H/i1D,2D,3D,4D,5D,8D,11D,12D,13D,16D,17D,18D,19D,20D,21D,22D,23D. The molecule has 0 atom stereocenters. The largest absolute Gasteiger partial charge is 0.456 e. The SMILES string of the molecule is [2H]c1c([2H])c([2H])c(-n2c3c([2H])c([2H])c(-c4c([2H])c([2H])c5c(c4[2H])-c4cccc6cccc(c46)O5)c([2H])c3c3c([2H])c([2H])c4c([2H])c([2H])c([2H])c([2H])c4c32)c([2H])c1[2H]. The van der Waals surface area contributed by atoms with Crippen molar-refractivity contribution in [3.05, 3.63) is 139 Å². The first-order chi connectivity index (χ1) is 26.9. The summed E-state index contributed by atoms with van der Waals surface area (Å²) in [6.45, 7) is 0. The predicted molar refractivity (Wildman–Crippen MR) is 167 cm³/mol. The van der Waals surface area contributed by atoms with E-state index in [9.17, 15) is 6.85 Å². The van der Waals surface area contributed by atoms with Gasteiger partial charge in [-0.15, -0.1) is 0 Å². The molecular formula is C38H23NO. The minimum absolute atomic E-state index is 0.0962. The van der Waals surface area contributed by atoms with Gasteiger partial charge in [-0.3, -0.25) is 0 Å². The van der Waals surface area contributed by atoms with Crippen LogP contribution in [-0.4, -0.2) is 4.57 Å². The van der Waals surface area contributed by atoms with Crippen LogP contribution in [-0.2, 0) is 0 Å². The summed E-state index contributed by atoms with van der Waals surface area (Å²) in [5.74, 6) is 0.295. The predicted octanol–water partition coefficient (Wildman–Crippen LogP) is 10.5. The van der Waals surface area contributed by atoms with Crippen molar-refractivity contribution in [2.24, 2.45) is 0 Å². The molecule has 40 heavy (non-hydrogen) atoms. The maximum absolute atomic E-state index is 9.71. The van der Waals surface area contributed by atoms with Crippen molar-refractivity contribution in [3.63, 3.8) is 0 Å². The zero-order valence-electron chi connectivity index (χ0n) is 37.3. The molecule has 0 radical (unpaired) electrons. The van der Waals surface area contributed by atoms with Crippen LogP contribution < -0.4 is 4.74 Å². The summed E-state index contributed by atoms with van der Waals surface area (Å²) >= 11 is 0. The van der Waals surface area contributed by atoms with E-state index in [1.54, 1.807) is 24.3 Å². The van der Waals surface area contributed by atoms with Gasteiger partial charge in [-0.05, 0) is 69.8 Å². The second-order valence-corrected chi connectivity index (χ2v) is 9.22. The van der Waals surface area contributed by atoms with E-state index in [0.717, 1.165) is 9.95 Å². The van der Waals surface area contributed by atoms with Crippen LogP contribution in [0, 0.1) is 0 Å². The molecular weight excluding hydrogens is 486 g/mol. The molecule has 0 fully saturated rings. The fourth-order valence-electron chi connectivity index (χ4n) is 5.36. The van der Waals surface area contributed by atoms with E-state index in [-0.39, 0.29) is 27.6 Å². The van der Waals surface area contributed by atoms with Crippen molar-refractivity contribution in [1.82, 2.24) is 4.57 Å². The van der Waals surface area contributed by atoms with Gasteiger partial charge in [-0.25, -0.2) is 0 Å². The number of fused-ring (bicyclic) bond motifs is 7. The van der Waals surface area contributed by atoms with Gasteiger partial charge in [-0.2, -0.15) is 0 Å². The molecule has 0 unspecified atom stereocenters. The molecule has 0 amide bonds. The summed E-state index contributed by atoms with van der Waals surface area (Å²) in [4.78, 5) is 0. The van der Waals surface area contributed by atoms with Gasteiger partial charge in [0.05, 0.1) is 34.3 Å². The molecule has 0 saturated carbocycles. The molecule has 7 aromatic carbocycles. The summed E-state index contributed by atoms with van der Waals surface area (Å²) in [6.07, 6.45) is 0. The second kappa shape index (κ2) is 8.08. The molecule has 9 rings (SSSR count). The van der Waals surface area contributed by atoms with E-state index in [2.05, 4.69) is 0 Å². The molecule has 0 spiro atoms. The smallest absolute Gasteiger partial charge is 0.135 e. The van der Waals surface area contributed by atoms with E-state index in [4.69, 9.17) is 21.2 Å². The lowest BCUT2D eigenvalue weighted by Gasteiger charge is -2.22. The van der Waals surface area contributed by atoms with Crippen molar-refractivity contribution in [2.75, 3.05) is 0 Å². The molecule has 2 nitrogen and oxygen atoms in total. The Morgan fingerprint density at radius 3 is 2.27 bits per heavy atom. The minimum atomic E-state index is -0.804. The van der Waals surface area contributed by atoms with Crippen LogP contribution in [0.2, 0.25) is 0 Å². The van der Waals surface area contributed by atoms with Crippen LogP contribution in [0.4, 0.5) is 0 Å². The lowest BCUT2D eigenvalue weighted by atomic mass is 9.92. The molecule has 8 aromatic rings. The Kier molecular flexibility index (Phi) is 2.23. The Labute approximate surface area is 255 Å². The summed E-state index contributed by atoms with van der Waals surface area (Å²) < 4.78 is 159. The van der Waals surface area contributed by atoms with Gasteiger partial charge < -0.3 is 9.30 Å². The summed E-state index contributed by atoms with van der Waals surface area (Å²) in [7, 11) is 0. The van der Waals surface area contributed by atoms with Crippen LogP contribution in [0.3, 0.4) is 0 Å². The zero-order valence-corrected chi connectivity index (χ0v) is 20.3. The highest BCUT2D eigenvalue weighted by Crippen LogP contribution is 2.48. The maximum Gasteiger partial charge on any atom is 0.135 e. The molecule has 0 aliphatic carbocycles. The number of hydrogen-bond donors (Lipinski definition) is 0.